The number of nitrogens with one attached hydrogen (secondary N) is 1. The van der Waals surface area contributed by atoms with Crippen LogP contribution in [0.2, 0.25) is 0 Å². The predicted molar refractivity (Wildman–Crippen MR) is 86.5 cm³/mol. The summed E-state index contributed by atoms with van der Waals surface area (Å²) in [5, 5.41) is 13.6. The first-order chi connectivity index (χ1) is 10.1. The summed E-state index contributed by atoms with van der Waals surface area (Å²) >= 11 is 1.88. The Morgan fingerprint density at radius 3 is 2.38 bits per heavy atom. The molecule has 1 saturated heterocycles. The molecule has 0 atom stereocenters. The summed E-state index contributed by atoms with van der Waals surface area (Å²) in [5.41, 5.74) is 0.0452. The molecule has 3 rings (SSSR count). The first-order valence-electron chi connectivity index (χ1n) is 7.79. The molecule has 114 valence electrons. The first kappa shape index (κ1) is 14.9. The van der Waals surface area contributed by atoms with Crippen LogP contribution in [-0.2, 0) is 10.2 Å². The fourth-order valence-corrected chi connectivity index (χ4v) is 4.53. The van der Waals surface area contributed by atoms with Crippen LogP contribution < -0.4 is 5.32 Å². The van der Waals surface area contributed by atoms with Gasteiger partial charge in [0.25, 0.3) is 0 Å². The van der Waals surface area contributed by atoms with E-state index in [1.807, 2.05) is 42.1 Å². The first-order valence-corrected chi connectivity index (χ1v) is 8.94. The molecule has 4 heteroatoms. The SMILES string of the molecule is O=C(NCC1(O)CCSCC1)C1(c2ccccc2)CCC1. The van der Waals surface area contributed by atoms with Crippen LogP contribution in [0.4, 0.5) is 0 Å². The summed E-state index contributed by atoms with van der Waals surface area (Å²) in [6.45, 7) is 0.390. The number of carbonyl (C=O) groups is 1. The standard InChI is InChI=1S/C17H23NO2S/c19-15(18-13-16(20)9-11-21-12-10-16)17(7-4-8-17)14-5-2-1-3-6-14/h1-3,5-6,20H,4,7-13H2,(H,18,19). The van der Waals surface area contributed by atoms with Gasteiger partial charge in [-0.1, -0.05) is 36.8 Å². The average Bonchev–Trinajstić information content (AvgIpc) is 2.46. The Morgan fingerprint density at radius 1 is 1.14 bits per heavy atom. The van der Waals surface area contributed by atoms with Crippen LogP contribution in [-0.4, -0.2) is 34.7 Å². The topological polar surface area (TPSA) is 49.3 Å². The average molecular weight is 305 g/mol. The molecule has 0 aromatic heterocycles. The molecule has 0 spiro atoms. The van der Waals surface area contributed by atoms with E-state index >= 15 is 0 Å². The quantitative estimate of drug-likeness (QED) is 0.898. The third-order valence-corrected chi connectivity index (χ3v) is 5.96. The summed E-state index contributed by atoms with van der Waals surface area (Å²) in [5.74, 6) is 2.05. The molecule has 0 radical (unpaired) electrons. The molecule has 0 unspecified atom stereocenters. The van der Waals surface area contributed by atoms with Gasteiger partial charge in [0.2, 0.25) is 5.91 Å². The number of hydrogen-bond acceptors (Lipinski definition) is 3. The largest absolute Gasteiger partial charge is 0.388 e. The summed E-state index contributed by atoms with van der Waals surface area (Å²) < 4.78 is 0. The Bertz CT molecular complexity index is 493. The van der Waals surface area contributed by atoms with Crippen LogP contribution in [0, 0.1) is 0 Å². The van der Waals surface area contributed by atoms with Crippen molar-refractivity contribution in [2.75, 3.05) is 18.1 Å². The predicted octanol–water partition coefficient (Wildman–Crippen LogP) is 2.48. The Hall–Kier alpha value is -1.00. The van der Waals surface area contributed by atoms with Crippen LogP contribution >= 0.6 is 11.8 Å². The lowest BCUT2D eigenvalue weighted by atomic mass is 9.63. The highest BCUT2D eigenvalue weighted by Crippen LogP contribution is 2.44. The third-order valence-electron chi connectivity index (χ3n) is 4.97. The van der Waals surface area contributed by atoms with E-state index < -0.39 is 5.60 Å². The number of hydrogen-bond donors (Lipinski definition) is 2. The smallest absolute Gasteiger partial charge is 0.230 e. The number of aliphatic hydroxyl groups is 1. The number of amides is 1. The molecular weight excluding hydrogens is 282 g/mol. The number of thioether (sulfide) groups is 1. The zero-order valence-corrected chi connectivity index (χ0v) is 13.1. The van der Waals surface area contributed by atoms with Gasteiger partial charge in [-0.05, 0) is 42.8 Å². The molecule has 1 saturated carbocycles. The van der Waals surface area contributed by atoms with Gasteiger partial charge < -0.3 is 10.4 Å². The van der Waals surface area contributed by atoms with Crippen LogP contribution in [0.5, 0.6) is 0 Å². The maximum absolute atomic E-state index is 12.7. The van der Waals surface area contributed by atoms with Crippen molar-refractivity contribution in [3.8, 4) is 0 Å². The van der Waals surface area contributed by atoms with Crippen molar-refractivity contribution in [1.29, 1.82) is 0 Å². The Balaban J connectivity index is 1.66. The zero-order valence-electron chi connectivity index (χ0n) is 12.3. The summed E-state index contributed by atoms with van der Waals surface area (Å²) in [7, 11) is 0. The van der Waals surface area contributed by atoms with Gasteiger partial charge in [-0.2, -0.15) is 11.8 Å². The van der Waals surface area contributed by atoms with Gasteiger partial charge >= 0.3 is 0 Å². The van der Waals surface area contributed by atoms with Gasteiger partial charge in [-0.3, -0.25) is 4.79 Å². The fourth-order valence-electron chi connectivity index (χ4n) is 3.28. The molecule has 0 bridgehead atoms. The molecule has 1 aliphatic heterocycles. The maximum Gasteiger partial charge on any atom is 0.230 e. The van der Waals surface area contributed by atoms with Crippen molar-refractivity contribution >= 4 is 17.7 Å². The minimum atomic E-state index is -0.706. The Morgan fingerprint density at radius 2 is 1.81 bits per heavy atom. The number of carbonyl (C=O) groups excluding carboxylic acids is 1. The van der Waals surface area contributed by atoms with Crippen LogP contribution in [0.15, 0.2) is 30.3 Å². The monoisotopic (exact) mass is 305 g/mol. The van der Waals surface area contributed by atoms with E-state index in [0.29, 0.717) is 6.54 Å². The molecule has 1 heterocycles. The van der Waals surface area contributed by atoms with Crippen molar-refractivity contribution in [2.24, 2.45) is 0 Å². The van der Waals surface area contributed by atoms with Crippen molar-refractivity contribution < 1.29 is 9.90 Å². The lowest BCUT2D eigenvalue weighted by molar-refractivity contribution is -0.131. The van der Waals surface area contributed by atoms with Crippen LogP contribution in [0.1, 0.15) is 37.7 Å². The van der Waals surface area contributed by atoms with E-state index in [2.05, 4.69) is 5.32 Å². The number of benzene rings is 1. The normalized spacial score (nSPS) is 23.1. The van der Waals surface area contributed by atoms with Crippen molar-refractivity contribution in [1.82, 2.24) is 5.32 Å². The third kappa shape index (κ3) is 2.97. The molecule has 2 fully saturated rings. The van der Waals surface area contributed by atoms with Gasteiger partial charge in [0.15, 0.2) is 0 Å². The van der Waals surface area contributed by atoms with Crippen molar-refractivity contribution in [2.45, 2.75) is 43.1 Å². The summed E-state index contributed by atoms with van der Waals surface area (Å²) in [6.07, 6.45) is 4.48. The van der Waals surface area contributed by atoms with Gasteiger partial charge in [-0.15, -0.1) is 0 Å². The second-order valence-electron chi connectivity index (χ2n) is 6.32. The molecule has 1 amide bonds. The molecule has 1 aromatic carbocycles. The molecular formula is C17H23NO2S. The highest BCUT2D eigenvalue weighted by atomic mass is 32.2. The Kier molecular flexibility index (Phi) is 4.27. The van der Waals surface area contributed by atoms with E-state index in [1.54, 1.807) is 0 Å². The van der Waals surface area contributed by atoms with Gasteiger partial charge in [-0.25, -0.2) is 0 Å². The lowest BCUT2D eigenvalue weighted by Gasteiger charge is -2.42. The van der Waals surface area contributed by atoms with E-state index in [4.69, 9.17) is 0 Å². The van der Waals surface area contributed by atoms with Crippen molar-refractivity contribution in [3.05, 3.63) is 35.9 Å². The molecule has 2 aliphatic rings. The van der Waals surface area contributed by atoms with E-state index in [1.165, 1.54) is 0 Å². The van der Waals surface area contributed by atoms with Crippen LogP contribution in [0.25, 0.3) is 0 Å². The summed E-state index contributed by atoms with van der Waals surface area (Å²) in [4.78, 5) is 12.7. The molecule has 21 heavy (non-hydrogen) atoms. The molecule has 1 aliphatic carbocycles. The van der Waals surface area contributed by atoms with E-state index in [9.17, 15) is 9.90 Å². The van der Waals surface area contributed by atoms with Crippen LogP contribution in [0.3, 0.4) is 0 Å². The zero-order chi connectivity index (χ0) is 14.8. The second-order valence-corrected chi connectivity index (χ2v) is 7.55. The van der Waals surface area contributed by atoms with E-state index in [0.717, 1.165) is 49.2 Å². The highest BCUT2D eigenvalue weighted by molar-refractivity contribution is 7.99. The van der Waals surface area contributed by atoms with Gasteiger partial charge in [0, 0.05) is 6.54 Å². The van der Waals surface area contributed by atoms with Gasteiger partial charge in [0.05, 0.1) is 11.0 Å². The number of rotatable bonds is 4. The van der Waals surface area contributed by atoms with Gasteiger partial charge in [0.1, 0.15) is 0 Å². The minimum absolute atomic E-state index is 0.0894. The van der Waals surface area contributed by atoms with E-state index in [-0.39, 0.29) is 11.3 Å². The minimum Gasteiger partial charge on any atom is -0.388 e. The highest BCUT2D eigenvalue weighted by Gasteiger charge is 2.46. The van der Waals surface area contributed by atoms with Crippen molar-refractivity contribution in [3.63, 3.8) is 0 Å². The molecule has 2 N–H and O–H groups in total. The molecule has 3 nitrogen and oxygen atoms in total. The second kappa shape index (κ2) is 6.01. The summed E-state index contributed by atoms with van der Waals surface area (Å²) in [6, 6.07) is 10.1. The lowest BCUT2D eigenvalue weighted by Crippen LogP contribution is -2.53. The Labute approximate surface area is 130 Å². The maximum atomic E-state index is 12.7. The fraction of sp³-hybridized carbons (Fsp3) is 0.588. The molecule has 1 aromatic rings.